The third kappa shape index (κ3) is 6.89. The van der Waals surface area contributed by atoms with E-state index in [1.165, 1.54) is 0 Å². The molecule has 0 spiro atoms. The zero-order valence-electron chi connectivity index (χ0n) is 16.5. The van der Waals surface area contributed by atoms with E-state index in [0.717, 1.165) is 11.1 Å². The van der Waals surface area contributed by atoms with Crippen LogP contribution in [0.25, 0.3) is 0 Å². The van der Waals surface area contributed by atoms with Gasteiger partial charge >= 0.3 is 0 Å². The highest BCUT2D eigenvalue weighted by Crippen LogP contribution is 2.13. The predicted octanol–water partition coefficient (Wildman–Crippen LogP) is 3.81. The molecule has 0 bridgehead atoms. The van der Waals surface area contributed by atoms with Gasteiger partial charge in [-0.2, -0.15) is 0 Å². The Hall–Kier alpha value is -2.62. The van der Waals surface area contributed by atoms with E-state index in [2.05, 4.69) is 19.2 Å². The van der Waals surface area contributed by atoms with Crippen LogP contribution in [0.4, 0.5) is 0 Å². The highest BCUT2D eigenvalue weighted by atomic mass is 16.2. The van der Waals surface area contributed by atoms with Crippen molar-refractivity contribution >= 4 is 11.8 Å². The third-order valence-electron chi connectivity index (χ3n) is 4.52. The minimum atomic E-state index is -0.507. The van der Waals surface area contributed by atoms with Crippen LogP contribution in [-0.4, -0.2) is 29.3 Å². The molecule has 0 aliphatic carbocycles. The smallest absolute Gasteiger partial charge is 0.242 e. The molecule has 4 heteroatoms. The van der Waals surface area contributed by atoms with Crippen LogP contribution in [0.2, 0.25) is 0 Å². The predicted molar refractivity (Wildman–Crippen MR) is 109 cm³/mol. The summed E-state index contributed by atoms with van der Waals surface area (Å²) in [7, 11) is 0. The van der Waals surface area contributed by atoms with Gasteiger partial charge < -0.3 is 10.2 Å². The highest BCUT2D eigenvalue weighted by Gasteiger charge is 2.25. The maximum atomic E-state index is 13.0. The van der Waals surface area contributed by atoms with Crippen LogP contribution >= 0.6 is 0 Å². The van der Waals surface area contributed by atoms with Crippen molar-refractivity contribution in [1.29, 1.82) is 0 Å². The first-order chi connectivity index (χ1) is 13.0. The van der Waals surface area contributed by atoms with Gasteiger partial charge in [-0.1, -0.05) is 74.5 Å². The molecule has 4 nitrogen and oxygen atoms in total. The molecule has 1 N–H and O–H groups in total. The van der Waals surface area contributed by atoms with Gasteiger partial charge in [0.1, 0.15) is 6.04 Å². The topological polar surface area (TPSA) is 49.4 Å². The van der Waals surface area contributed by atoms with Gasteiger partial charge in [0.2, 0.25) is 11.8 Å². The quantitative estimate of drug-likeness (QED) is 0.734. The van der Waals surface area contributed by atoms with Crippen LogP contribution in [0, 0.1) is 5.92 Å². The lowest BCUT2D eigenvalue weighted by molar-refractivity contribution is -0.140. The molecule has 0 aliphatic rings. The van der Waals surface area contributed by atoms with Crippen molar-refractivity contribution in [2.45, 2.75) is 46.2 Å². The van der Waals surface area contributed by atoms with Gasteiger partial charge in [0.25, 0.3) is 0 Å². The van der Waals surface area contributed by atoms with Gasteiger partial charge in [-0.05, 0) is 30.4 Å². The Morgan fingerprint density at radius 3 is 2.00 bits per heavy atom. The zero-order chi connectivity index (χ0) is 19.6. The van der Waals surface area contributed by atoms with E-state index in [1.54, 1.807) is 11.8 Å². The lowest BCUT2D eigenvalue weighted by Gasteiger charge is -2.29. The molecule has 0 aliphatic heterocycles. The Morgan fingerprint density at radius 2 is 1.44 bits per heavy atom. The lowest BCUT2D eigenvalue weighted by atomic mass is 10.1. The molecular weight excluding hydrogens is 336 g/mol. The first-order valence-corrected chi connectivity index (χ1v) is 9.62. The summed E-state index contributed by atoms with van der Waals surface area (Å²) in [5.74, 6) is 0.264. The summed E-state index contributed by atoms with van der Waals surface area (Å²) < 4.78 is 0. The van der Waals surface area contributed by atoms with Crippen molar-refractivity contribution in [3.63, 3.8) is 0 Å². The van der Waals surface area contributed by atoms with Gasteiger partial charge in [-0.3, -0.25) is 9.59 Å². The maximum Gasteiger partial charge on any atom is 0.242 e. The van der Waals surface area contributed by atoms with Crippen LogP contribution in [-0.2, 0) is 22.6 Å². The Morgan fingerprint density at radius 1 is 0.889 bits per heavy atom. The Balaban J connectivity index is 2.07. The number of amides is 2. The van der Waals surface area contributed by atoms with E-state index in [1.807, 2.05) is 60.7 Å². The van der Waals surface area contributed by atoms with Crippen molar-refractivity contribution < 1.29 is 9.59 Å². The van der Waals surface area contributed by atoms with E-state index in [4.69, 9.17) is 0 Å². The molecule has 2 aromatic rings. The van der Waals surface area contributed by atoms with Crippen molar-refractivity contribution in [2.24, 2.45) is 5.92 Å². The summed E-state index contributed by atoms with van der Waals surface area (Å²) >= 11 is 0. The average molecular weight is 367 g/mol. The molecule has 1 atom stereocenters. The molecule has 27 heavy (non-hydrogen) atoms. The molecule has 2 amide bonds. The molecular formula is C23H30N2O2. The highest BCUT2D eigenvalue weighted by molar-refractivity contribution is 5.87. The second kappa shape index (κ2) is 10.5. The molecule has 0 fully saturated rings. The van der Waals surface area contributed by atoms with E-state index >= 15 is 0 Å². The molecule has 0 saturated heterocycles. The fraction of sp³-hybridized carbons (Fsp3) is 0.391. The van der Waals surface area contributed by atoms with Gasteiger partial charge in [0, 0.05) is 19.5 Å². The SMILES string of the molecule is CC(C)CNC(=O)C(C)N(Cc1ccccc1)C(=O)CCc1ccccc1. The van der Waals surface area contributed by atoms with Gasteiger partial charge in [0.15, 0.2) is 0 Å². The number of hydrogen-bond donors (Lipinski definition) is 1. The van der Waals surface area contributed by atoms with Gasteiger partial charge in [-0.25, -0.2) is 0 Å². The second-order valence-electron chi connectivity index (χ2n) is 7.31. The normalized spacial score (nSPS) is 11.9. The summed E-state index contributed by atoms with van der Waals surface area (Å²) in [5, 5.41) is 2.94. The number of nitrogens with one attached hydrogen (secondary N) is 1. The summed E-state index contributed by atoms with van der Waals surface area (Å²) in [6.45, 7) is 6.96. The molecule has 0 radical (unpaired) electrons. The van der Waals surface area contributed by atoms with E-state index in [9.17, 15) is 9.59 Å². The van der Waals surface area contributed by atoms with Crippen LogP contribution < -0.4 is 5.32 Å². The number of benzene rings is 2. The molecule has 0 heterocycles. The summed E-state index contributed by atoms with van der Waals surface area (Å²) in [4.78, 5) is 27.2. The fourth-order valence-electron chi connectivity index (χ4n) is 2.85. The molecule has 1 unspecified atom stereocenters. The fourth-order valence-corrected chi connectivity index (χ4v) is 2.85. The summed E-state index contributed by atoms with van der Waals surface area (Å²) in [6, 6.07) is 19.3. The van der Waals surface area contributed by atoms with Crippen molar-refractivity contribution in [3.05, 3.63) is 71.8 Å². The third-order valence-corrected chi connectivity index (χ3v) is 4.52. The Kier molecular flexibility index (Phi) is 8.05. The molecule has 144 valence electrons. The monoisotopic (exact) mass is 366 g/mol. The maximum absolute atomic E-state index is 13.0. The van der Waals surface area contributed by atoms with Gasteiger partial charge in [-0.15, -0.1) is 0 Å². The Labute approximate surface area is 162 Å². The average Bonchev–Trinajstić information content (AvgIpc) is 2.69. The molecule has 0 aromatic heterocycles. The summed E-state index contributed by atoms with van der Waals surface area (Å²) in [6.07, 6.45) is 1.06. The number of hydrogen-bond acceptors (Lipinski definition) is 2. The van der Waals surface area contributed by atoms with E-state index in [-0.39, 0.29) is 11.8 Å². The summed E-state index contributed by atoms with van der Waals surface area (Å²) in [5.41, 5.74) is 2.15. The number of carbonyl (C=O) groups excluding carboxylic acids is 2. The number of carbonyl (C=O) groups is 2. The number of rotatable bonds is 9. The minimum absolute atomic E-state index is 0.00472. The zero-order valence-corrected chi connectivity index (χ0v) is 16.5. The second-order valence-corrected chi connectivity index (χ2v) is 7.31. The molecule has 2 aromatic carbocycles. The molecule has 2 rings (SSSR count). The Bertz CT molecular complexity index is 714. The van der Waals surface area contributed by atoms with Gasteiger partial charge in [0.05, 0.1) is 0 Å². The first-order valence-electron chi connectivity index (χ1n) is 9.62. The van der Waals surface area contributed by atoms with Crippen molar-refractivity contribution in [2.75, 3.05) is 6.54 Å². The van der Waals surface area contributed by atoms with Crippen LogP contribution in [0.15, 0.2) is 60.7 Å². The lowest BCUT2D eigenvalue weighted by Crippen LogP contribution is -2.48. The standard InChI is InChI=1S/C23H30N2O2/c1-18(2)16-24-23(27)19(3)25(17-21-12-8-5-9-13-21)22(26)15-14-20-10-6-4-7-11-20/h4-13,18-19H,14-17H2,1-3H3,(H,24,27). The van der Waals surface area contributed by atoms with Crippen LogP contribution in [0.5, 0.6) is 0 Å². The largest absolute Gasteiger partial charge is 0.354 e. The van der Waals surface area contributed by atoms with E-state index in [0.29, 0.717) is 31.8 Å². The minimum Gasteiger partial charge on any atom is -0.354 e. The van der Waals surface area contributed by atoms with Crippen LogP contribution in [0.3, 0.4) is 0 Å². The van der Waals surface area contributed by atoms with E-state index < -0.39 is 6.04 Å². The van der Waals surface area contributed by atoms with Crippen molar-refractivity contribution in [3.8, 4) is 0 Å². The van der Waals surface area contributed by atoms with Crippen LogP contribution in [0.1, 0.15) is 38.3 Å². The number of aryl methyl sites for hydroxylation is 1. The number of nitrogens with zero attached hydrogens (tertiary/aromatic N) is 1. The van der Waals surface area contributed by atoms with Crippen molar-refractivity contribution in [1.82, 2.24) is 10.2 Å². The first kappa shape index (κ1) is 20.7. The molecule has 0 saturated carbocycles.